The topological polar surface area (TPSA) is 81.3 Å². The highest BCUT2D eigenvalue weighted by Crippen LogP contribution is 2.30. The number of hydrogen-bond donors (Lipinski definition) is 1. The number of pyridine rings is 1. The maximum absolute atomic E-state index is 8.63. The van der Waals surface area contributed by atoms with Crippen molar-refractivity contribution in [1.82, 2.24) is 0 Å². The number of hydrogen-bond acceptors (Lipinski definition) is 3. The maximum atomic E-state index is 8.63. The molecule has 5 nitrogen and oxygen atoms in total. The van der Waals surface area contributed by atoms with E-state index in [0.29, 0.717) is 0 Å². The molecule has 5 rings (SSSR count). The van der Waals surface area contributed by atoms with Crippen LogP contribution in [0.25, 0.3) is 39.3 Å². The van der Waals surface area contributed by atoms with Gasteiger partial charge in [0.25, 0.3) is 0 Å². The highest BCUT2D eigenvalue weighted by molar-refractivity contribution is 7.79. The van der Waals surface area contributed by atoms with Gasteiger partial charge in [0.1, 0.15) is 0 Å². The van der Waals surface area contributed by atoms with Crippen molar-refractivity contribution < 1.29 is 22.1 Å². The molecule has 0 aliphatic rings. The Morgan fingerprint density at radius 2 is 0.878 bits per heavy atom. The lowest BCUT2D eigenvalue weighted by molar-refractivity contribution is -0.572. The summed E-state index contributed by atoms with van der Waals surface area (Å²) in [6.07, 6.45) is 17.9. The zero-order valence-corrected chi connectivity index (χ0v) is 29.7. The molecule has 0 aliphatic heterocycles. The second kappa shape index (κ2) is 20.4. The van der Waals surface area contributed by atoms with Gasteiger partial charge >= 0.3 is 0 Å². The number of nitrogens with zero attached hydrogens (tertiary/aromatic N) is 1. The van der Waals surface area contributed by atoms with E-state index in [4.69, 9.17) is 17.5 Å². The summed E-state index contributed by atoms with van der Waals surface area (Å²) in [5, 5.41) is 0. The van der Waals surface area contributed by atoms with E-state index in [1.165, 1.54) is 122 Å². The summed E-state index contributed by atoms with van der Waals surface area (Å²) >= 11 is 0. The quantitative estimate of drug-likeness (QED) is 0.0460. The van der Waals surface area contributed by atoms with Crippen molar-refractivity contribution in [2.24, 2.45) is 0 Å². The number of aryl methyl sites for hydroxylation is 1. The van der Waals surface area contributed by atoms with Crippen molar-refractivity contribution in [2.45, 2.75) is 90.4 Å². The van der Waals surface area contributed by atoms with E-state index in [1.807, 2.05) is 0 Å². The standard InChI is InChI=1S/C43H50N.H2O4S/c1-2-3-4-5-6-7-8-9-10-11-12-16-23-36-30-32-41(33-31-36)44-42(38-26-19-14-20-27-38)34-40(37-24-17-13-18-25-37)35-43(44)39-28-21-15-22-29-39;1-5(2,3)4/h13-15,17-22,24-35H,2-12,16,23H2,1H3;(H2,1,2,3,4)/q+1;/p-1. The molecule has 0 amide bonds. The summed E-state index contributed by atoms with van der Waals surface area (Å²) in [7, 11) is -4.92. The van der Waals surface area contributed by atoms with Gasteiger partial charge in [-0.2, -0.15) is 4.57 Å². The Morgan fingerprint density at radius 1 is 0.510 bits per heavy atom. The normalized spacial score (nSPS) is 11.2. The van der Waals surface area contributed by atoms with E-state index in [0.717, 1.165) is 6.42 Å². The van der Waals surface area contributed by atoms with Gasteiger partial charge in [0.05, 0.1) is 0 Å². The molecule has 5 aromatic rings. The molecule has 258 valence electrons. The van der Waals surface area contributed by atoms with Crippen molar-refractivity contribution in [3.63, 3.8) is 0 Å². The van der Waals surface area contributed by atoms with Crippen molar-refractivity contribution in [3.05, 3.63) is 133 Å². The highest BCUT2D eigenvalue weighted by Gasteiger charge is 2.24. The molecule has 0 radical (unpaired) electrons. The zero-order valence-electron chi connectivity index (χ0n) is 28.8. The van der Waals surface area contributed by atoms with Crippen LogP contribution in [0, 0.1) is 0 Å². The first-order valence-corrected chi connectivity index (χ1v) is 19.2. The molecule has 49 heavy (non-hydrogen) atoms. The third-order valence-electron chi connectivity index (χ3n) is 8.83. The molecule has 1 N–H and O–H groups in total. The van der Waals surface area contributed by atoms with Gasteiger partial charge in [-0.25, -0.2) is 8.42 Å². The molecule has 0 fully saturated rings. The van der Waals surface area contributed by atoms with Gasteiger partial charge in [-0.15, -0.1) is 0 Å². The van der Waals surface area contributed by atoms with E-state index in [9.17, 15) is 0 Å². The van der Waals surface area contributed by atoms with Crippen molar-refractivity contribution in [2.75, 3.05) is 0 Å². The van der Waals surface area contributed by atoms with Gasteiger partial charge in [0.15, 0.2) is 0 Å². The molecule has 0 spiro atoms. The average molecular weight is 678 g/mol. The minimum atomic E-state index is -4.92. The van der Waals surface area contributed by atoms with Gasteiger partial charge in [-0.3, -0.25) is 4.55 Å². The maximum Gasteiger partial charge on any atom is 0.219 e. The fourth-order valence-corrected chi connectivity index (χ4v) is 6.30. The van der Waals surface area contributed by atoms with Crippen LogP contribution in [-0.4, -0.2) is 17.5 Å². The van der Waals surface area contributed by atoms with Crippen LogP contribution in [0.2, 0.25) is 0 Å². The van der Waals surface area contributed by atoms with E-state index < -0.39 is 10.4 Å². The minimum absolute atomic E-state index is 1.16. The summed E-state index contributed by atoms with van der Waals surface area (Å²) in [4.78, 5) is 0. The molecule has 0 aliphatic carbocycles. The van der Waals surface area contributed by atoms with Gasteiger partial charge in [0.2, 0.25) is 27.5 Å². The van der Waals surface area contributed by atoms with E-state index >= 15 is 0 Å². The Labute approximate surface area is 294 Å². The van der Waals surface area contributed by atoms with Crippen LogP contribution in [0.15, 0.2) is 127 Å². The zero-order chi connectivity index (χ0) is 34.7. The van der Waals surface area contributed by atoms with Crippen LogP contribution in [0.1, 0.15) is 89.5 Å². The van der Waals surface area contributed by atoms with Gasteiger partial charge in [-0.1, -0.05) is 156 Å². The molecule has 4 aromatic carbocycles. The Kier molecular flexibility index (Phi) is 15.7. The van der Waals surface area contributed by atoms with Crippen molar-refractivity contribution in [3.8, 4) is 39.3 Å². The lowest BCUT2D eigenvalue weighted by Gasteiger charge is -2.13. The van der Waals surface area contributed by atoms with Crippen molar-refractivity contribution in [1.29, 1.82) is 0 Å². The molecule has 0 saturated heterocycles. The van der Waals surface area contributed by atoms with Crippen LogP contribution in [-0.2, 0) is 16.8 Å². The van der Waals surface area contributed by atoms with Gasteiger partial charge < -0.3 is 4.55 Å². The molecule has 0 unspecified atom stereocenters. The Morgan fingerprint density at radius 3 is 1.29 bits per heavy atom. The monoisotopic (exact) mass is 677 g/mol. The molecule has 1 aromatic heterocycles. The van der Waals surface area contributed by atoms with E-state index in [-0.39, 0.29) is 0 Å². The summed E-state index contributed by atoms with van der Waals surface area (Å²) in [5.41, 5.74) is 9.89. The molecular weight excluding hydrogens is 627 g/mol. The molecule has 0 atom stereocenters. The van der Waals surface area contributed by atoms with E-state index in [2.05, 4.69) is 139 Å². The second-order valence-electron chi connectivity index (χ2n) is 12.7. The van der Waals surface area contributed by atoms with Crippen molar-refractivity contribution >= 4 is 10.4 Å². The third-order valence-corrected chi connectivity index (χ3v) is 8.83. The smallest absolute Gasteiger partial charge is 0.219 e. The fourth-order valence-electron chi connectivity index (χ4n) is 6.30. The Balaban J connectivity index is 0.00000101. The summed E-state index contributed by atoms with van der Waals surface area (Å²) < 4.78 is 35.3. The summed E-state index contributed by atoms with van der Waals surface area (Å²) in [5.74, 6) is 0. The Bertz CT molecular complexity index is 1690. The first kappa shape index (κ1) is 37.7. The minimum Gasteiger partial charge on any atom is -0.726 e. The lowest BCUT2D eigenvalue weighted by atomic mass is 9.98. The number of rotatable bonds is 17. The predicted octanol–water partition coefficient (Wildman–Crippen LogP) is 11.2. The largest absolute Gasteiger partial charge is 0.726 e. The number of benzene rings is 4. The van der Waals surface area contributed by atoms with E-state index in [1.54, 1.807) is 0 Å². The third kappa shape index (κ3) is 13.4. The second-order valence-corrected chi connectivity index (χ2v) is 13.5. The fraction of sp³-hybridized carbons (Fsp3) is 0.326. The average Bonchev–Trinajstić information content (AvgIpc) is 3.12. The summed E-state index contributed by atoms with van der Waals surface area (Å²) in [6.45, 7) is 2.30. The lowest BCUT2D eigenvalue weighted by Crippen LogP contribution is -2.36. The Hall–Kier alpha value is -4.10. The summed E-state index contributed by atoms with van der Waals surface area (Å²) in [6, 6.07) is 46.3. The van der Waals surface area contributed by atoms with Crippen LogP contribution >= 0.6 is 0 Å². The number of unbranched alkanes of at least 4 members (excludes halogenated alkanes) is 11. The van der Waals surface area contributed by atoms with Crippen LogP contribution in [0.3, 0.4) is 0 Å². The van der Waals surface area contributed by atoms with Gasteiger partial charge in [0, 0.05) is 35.4 Å². The first-order valence-electron chi connectivity index (χ1n) is 17.9. The van der Waals surface area contributed by atoms with Crippen LogP contribution < -0.4 is 4.57 Å². The first-order chi connectivity index (χ1) is 23.8. The molecule has 6 heteroatoms. The molecule has 1 heterocycles. The predicted molar refractivity (Wildman–Crippen MR) is 201 cm³/mol. The van der Waals surface area contributed by atoms with Crippen LogP contribution in [0.5, 0.6) is 0 Å². The highest BCUT2D eigenvalue weighted by atomic mass is 32.3. The molecule has 0 bridgehead atoms. The van der Waals surface area contributed by atoms with Crippen LogP contribution in [0.4, 0.5) is 0 Å². The molecule has 0 saturated carbocycles. The SMILES string of the molecule is CCCCCCCCCCCCCCc1ccc(-[n+]2c(-c3ccccc3)cc(-c3ccccc3)cc2-c2ccccc2)cc1.O=S(=O)([O-])O. The molecular formula is C43H51NO4S. The van der Waals surface area contributed by atoms with Gasteiger partial charge in [-0.05, 0) is 53.8 Å². The number of aromatic nitrogens is 1.